The lowest BCUT2D eigenvalue weighted by Crippen LogP contribution is -2.66. The Morgan fingerprint density at radius 3 is 1.28 bits per heavy atom. The van der Waals surface area contributed by atoms with Crippen LogP contribution in [0, 0.1) is 0 Å². The highest BCUT2D eigenvalue weighted by Crippen LogP contribution is 2.33. The molecule has 3 aliphatic rings. The molecule has 12 N–H and O–H groups in total. The van der Waals surface area contributed by atoms with Gasteiger partial charge in [-0.2, -0.15) is 0 Å². The predicted octanol–water partition coefficient (Wildman–Crippen LogP) is 2.09. The van der Waals surface area contributed by atoms with Crippen molar-refractivity contribution in [3.8, 4) is 0 Å². The van der Waals surface area contributed by atoms with E-state index in [-0.39, 0.29) is 18.9 Å². The van der Waals surface area contributed by atoms with Crippen LogP contribution in [0.15, 0.2) is 0 Å². The van der Waals surface area contributed by atoms with Crippen molar-refractivity contribution in [3.05, 3.63) is 0 Å². The molecule has 0 saturated carbocycles. The van der Waals surface area contributed by atoms with Gasteiger partial charge in [0.1, 0.15) is 73.2 Å². The highest BCUT2D eigenvalue weighted by Gasteiger charge is 2.53. The Morgan fingerprint density at radius 2 is 0.838 bits per heavy atom. The molecule has 19 heteroatoms. The first-order valence-electron chi connectivity index (χ1n) is 26.3. The van der Waals surface area contributed by atoms with Crippen molar-refractivity contribution in [2.45, 2.75) is 279 Å². The van der Waals surface area contributed by atoms with Crippen LogP contribution in [0.2, 0.25) is 0 Å². The number of unbranched alkanes of at least 4 members (excludes halogenated alkanes) is 21. The first-order valence-corrected chi connectivity index (χ1v) is 26.3. The molecule has 0 radical (unpaired) electrons. The summed E-state index contributed by atoms with van der Waals surface area (Å²) in [6, 6.07) is -0.875. The number of hydrogen-bond donors (Lipinski definition) is 12. The summed E-state index contributed by atoms with van der Waals surface area (Å²) in [6.07, 6.45) is 1.83. The Labute approximate surface area is 404 Å². The molecule has 0 aliphatic carbocycles. The minimum absolute atomic E-state index is 0.255. The van der Waals surface area contributed by atoms with E-state index < -0.39 is 124 Å². The van der Waals surface area contributed by atoms with E-state index in [9.17, 15) is 61.0 Å². The normalized spacial score (nSPS) is 33.1. The number of amides is 1. The molecule has 3 aliphatic heterocycles. The summed E-state index contributed by atoms with van der Waals surface area (Å²) >= 11 is 0. The third-order valence-electron chi connectivity index (χ3n) is 13.7. The summed E-state index contributed by atoms with van der Waals surface area (Å²) in [4.78, 5) is 12.9. The molecule has 402 valence electrons. The van der Waals surface area contributed by atoms with Crippen molar-refractivity contribution in [1.29, 1.82) is 0 Å². The van der Waals surface area contributed by atoms with Gasteiger partial charge in [-0.1, -0.05) is 155 Å². The average Bonchev–Trinajstić information content (AvgIpc) is 3.33. The first-order chi connectivity index (χ1) is 32.8. The summed E-state index contributed by atoms with van der Waals surface area (Å²) < 4.78 is 34.0. The molecule has 0 aromatic carbocycles. The molecule has 3 heterocycles. The maximum atomic E-state index is 12.9. The van der Waals surface area contributed by atoms with E-state index >= 15 is 0 Å². The van der Waals surface area contributed by atoms with Gasteiger partial charge in [-0.3, -0.25) is 4.79 Å². The molecular weight excluding hydrogens is 891 g/mol. The number of aliphatic hydroxyl groups is 11. The predicted molar refractivity (Wildman–Crippen MR) is 250 cm³/mol. The van der Waals surface area contributed by atoms with Gasteiger partial charge < -0.3 is 89.9 Å². The lowest BCUT2D eigenvalue weighted by Gasteiger charge is -2.48. The van der Waals surface area contributed by atoms with Gasteiger partial charge in [-0.05, 0) is 12.8 Å². The minimum Gasteiger partial charge on any atom is -0.394 e. The van der Waals surface area contributed by atoms with Gasteiger partial charge >= 0.3 is 0 Å². The summed E-state index contributed by atoms with van der Waals surface area (Å²) in [5, 5.41) is 119. The number of carbonyl (C=O) groups excluding carboxylic acids is 1. The van der Waals surface area contributed by atoms with E-state index in [4.69, 9.17) is 28.4 Å². The smallest absolute Gasteiger partial charge is 0.220 e. The van der Waals surface area contributed by atoms with Crippen molar-refractivity contribution in [2.24, 2.45) is 0 Å². The fourth-order valence-electron chi connectivity index (χ4n) is 9.25. The van der Waals surface area contributed by atoms with E-state index in [1.807, 2.05) is 6.92 Å². The number of nitrogens with one attached hydrogen (secondary N) is 1. The number of ether oxygens (including phenoxy) is 6. The van der Waals surface area contributed by atoms with Crippen LogP contribution in [0.1, 0.15) is 174 Å². The highest BCUT2D eigenvalue weighted by atomic mass is 16.8. The van der Waals surface area contributed by atoms with Crippen molar-refractivity contribution in [3.63, 3.8) is 0 Å². The summed E-state index contributed by atoms with van der Waals surface area (Å²) in [5.41, 5.74) is 0. The van der Waals surface area contributed by atoms with Crippen LogP contribution >= 0.6 is 0 Å². The molecule has 17 unspecified atom stereocenters. The third-order valence-corrected chi connectivity index (χ3v) is 13.7. The third kappa shape index (κ3) is 20.7. The molecule has 3 rings (SSSR count). The molecule has 17 atom stereocenters. The lowest BCUT2D eigenvalue weighted by atomic mass is 9.96. The van der Waals surface area contributed by atoms with Crippen LogP contribution < -0.4 is 5.32 Å². The zero-order valence-electron chi connectivity index (χ0n) is 41.1. The van der Waals surface area contributed by atoms with Crippen LogP contribution in [0.25, 0.3) is 0 Å². The Hall–Kier alpha value is -1.21. The van der Waals surface area contributed by atoms with Crippen molar-refractivity contribution in [2.75, 3.05) is 26.4 Å². The summed E-state index contributed by atoms with van der Waals surface area (Å²) in [6.45, 7) is 1.59. The Morgan fingerprint density at radius 1 is 0.471 bits per heavy atom. The van der Waals surface area contributed by atoms with Crippen LogP contribution in [0.4, 0.5) is 0 Å². The monoisotopic (exact) mass is 984 g/mol. The van der Waals surface area contributed by atoms with Crippen molar-refractivity contribution in [1.82, 2.24) is 5.32 Å². The Balaban J connectivity index is 1.43. The second-order valence-corrected chi connectivity index (χ2v) is 19.4. The molecule has 0 aromatic heterocycles. The largest absolute Gasteiger partial charge is 0.394 e. The van der Waals surface area contributed by atoms with E-state index in [0.717, 1.165) is 38.5 Å². The topological polar surface area (TPSA) is 307 Å². The van der Waals surface area contributed by atoms with Crippen LogP contribution in [-0.2, 0) is 33.2 Å². The average molecular weight is 984 g/mol. The number of rotatable bonds is 37. The zero-order chi connectivity index (χ0) is 49.8. The molecule has 0 spiro atoms. The fourth-order valence-corrected chi connectivity index (χ4v) is 9.25. The maximum absolute atomic E-state index is 12.9. The lowest BCUT2D eigenvalue weighted by molar-refractivity contribution is -0.379. The van der Waals surface area contributed by atoms with E-state index in [0.29, 0.717) is 12.8 Å². The van der Waals surface area contributed by atoms with Crippen molar-refractivity contribution < 1.29 is 89.4 Å². The molecule has 1 amide bonds. The van der Waals surface area contributed by atoms with Gasteiger partial charge in [-0.15, -0.1) is 0 Å². The van der Waals surface area contributed by atoms with Crippen molar-refractivity contribution >= 4 is 5.91 Å². The van der Waals surface area contributed by atoms with Gasteiger partial charge in [-0.25, -0.2) is 0 Å². The Bertz CT molecular complexity index is 1270. The molecular formula is C49H93NO18. The molecule has 3 saturated heterocycles. The second kappa shape index (κ2) is 35.0. The maximum Gasteiger partial charge on any atom is 0.220 e. The van der Waals surface area contributed by atoms with Gasteiger partial charge in [0.25, 0.3) is 0 Å². The first kappa shape index (κ1) is 61.1. The standard InChI is InChI=1S/C49H93NO18/c1-3-5-7-8-9-10-11-12-13-14-15-16-17-18-19-20-21-22-23-25-26-33(54)32(50-37(55)27-24-6-4-2)31-63-47-43(61)40(58)45(35(29-52)65-47)68-49-44(62)41(59)46(36(30-53)66-49)67-48-42(60)39(57)38(56)34(28-51)64-48/h32-36,38-49,51-54,56-62H,3-31H2,1-2H3,(H,50,55). The zero-order valence-corrected chi connectivity index (χ0v) is 41.1. The van der Waals surface area contributed by atoms with Crippen LogP contribution in [0.5, 0.6) is 0 Å². The van der Waals surface area contributed by atoms with Gasteiger partial charge in [0.15, 0.2) is 18.9 Å². The van der Waals surface area contributed by atoms with Gasteiger partial charge in [0.05, 0.1) is 38.6 Å². The molecule has 19 nitrogen and oxygen atoms in total. The molecule has 3 fully saturated rings. The van der Waals surface area contributed by atoms with Gasteiger partial charge in [0.2, 0.25) is 5.91 Å². The SMILES string of the molecule is CCCCCCCCCCCCCCCCCCCCCCC(O)C(COC1OC(CO)C(OC2OC(CO)C(OC3OC(CO)C(O)C(O)C3O)C(O)C2O)C(O)C1O)NC(=O)CCCCC. The molecule has 0 aromatic rings. The molecule has 68 heavy (non-hydrogen) atoms. The number of carbonyl (C=O) groups is 1. The Kier molecular flexibility index (Phi) is 31.5. The number of hydrogen-bond acceptors (Lipinski definition) is 18. The van der Waals surface area contributed by atoms with E-state index in [1.165, 1.54) is 103 Å². The molecule has 0 bridgehead atoms. The fraction of sp³-hybridized carbons (Fsp3) is 0.980. The minimum atomic E-state index is -1.97. The van der Waals surface area contributed by atoms with Crippen LogP contribution in [0.3, 0.4) is 0 Å². The van der Waals surface area contributed by atoms with Gasteiger partial charge in [0, 0.05) is 6.42 Å². The van der Waals surface area contributed by atoms with Crippen LogP contribution in [-0.4, -0.2) is 193 Å². The van der Waals surface area contributed by atoms with E-state index in [1.54, 1.807) is 0 Å². The second-order valence-electron chi connectivity index (χ2n) is 19.4. The van der Waals surface area contributed by atoms with E-state index in [2.05, 4.69) is 12.2 Å². The highest BCUT2D eigenvalue weighted by molar-refractivity contribution is 5.76. The summed E-state index contributed by atoms with van der Waals surface area (Å²) in [7, 11) is 0. The number of aliphatic hydroxyl groups excluding tert-OH is 11. The quantitative estimate of drug-likeness (QED) is 0.0397. The summed E-state index contributed by atoms with van der Waals surface area (Å²) in [5.74, 6) is -0.267.